The number of halogens is 12. The molecule has 6 fully saturated rings. The molecule has 29 heteroatoms. The highest BCUT2D eigenvalue weighted by molar-refractivity contribution is 7.89. The number of sulfonamides is 2. The maximum absolute atomic E-state index is 14.2. The highest BCUT2D eigenvalue weighted by atomic mass is 35.5. The number of nitrogens with zero attached hydrogens (tertiary/aromatic N) is 5. The van der Waals surface area contributed by atoms with Crippen molar-refractivity contribution in [1.82, 2.24) is 29.5 Å². The zero-order valence-electron chi connectivity index (χ0n) is 46.9. The number of amidine groups is 2. The molecule has 0 radical (unpaired) electrons. The molecular weight excluding hydrogens is 1270 g/mol. The Hall–Kier alpha value is -4.86. The van der Waals surface area contributed by atoms with Gasteiger partial charge in [-0.05, 0) is 133 Å². The molecule has 0 aromatic heterocycles. The van der Waals surface area contributed by atoms with E-state index in [2.05, 4.69) is 25.9 Å². The SMILES string of the molecule is C.CC1(C)NC(C23CC(N(Cc4ccc(Cl)c(F)c4)S(=O)(=O)c4ccccc4)(C2)C3)=N[C@H]1C(=O)O.CN(CCC(F)(F)F)C(=O)[C@@H]1N=C(C23CC(N(Cc4ccc(Cl)c(F)c4)S(=O)(=O)c4ccccc4)(C2)C3)NC1(C)C.CNCCC(F)(F)F.Cl.Cl. The maximum Gasteiger partial charge on any atom is 0.390 e. The van der Waals surface area contributed by atoms with Gasteiger partial charge in [0.1, 0.15) is 23.3 Å². The van der Waals surface area contributed by atoms with Crippen LogP contribution in [0.1, 0.15) is 97.6 Å². The Balaban J connectivity index is 0.000000273. The van der Waals surface area contributed by atoms with E-state index in [1.165, 1.54) is 59.1 Å². The molecule has 12 rings (SSSR count). The van der Waals surface area contributed by atoms with E-state index >= 15 is 0 Å². The normalized spacial score (nSPS) is 25.3. The van der Waals surface area contributed by atoms with Crippen LogP contribution in [0.2, 0.25) is 10.0 Å². The van der Waals surface area contributed by atoms with Gasteiger partial charge in [-0.15, -0.1) is 24.8 Å². The average molecular weight is 1340 g/mol. The van der Waals surface area contributed by atoms with Crippen LogP contribution in [0.15, 0.2) is 117 Å². The fourth-order valence-electron chi connectivity index (χ4n) is 12.1. The number of aliphatic imine (C=N–C) groups is 2. The van der Waals surface area contributed by atoms with Gasteiger partial charge in [0.15, 0.2) is 12.1 Å². The number of hydrogen-bond acceptors (Lipinski definition) is 11. The summed E-state index contributed by atoms with van der Waals surface area (Å²) in [7, 11) is -5.02. The lowest BCUT2D eigenvalue weighted by molar-refractivity contribution is -0.151. The van der Waals surface area contributed by atoms with Gasteiger partial charge >= 0.3 is 18.3 Å². The second kappa shape index (κ2) is 25.9. The second-order valence-corrected chi connectivity index (χ2v) is 28.1. The van der Waals surface area contributed by atoms with E-state index in [0.29, 0.717) is 61.3 Å². The van der Waals surface area contributed by atoms with Crippen LogP contribution in [0.5, 0.6) is 0 Å². The van der Waals surface area contributed by atoms with Gasteiger partial charge in [0.2, 0.25) is 26.0 Å². The van der Waals surface area contributed by atoms with E-state index in [4.69, 9.17) is 23.2 Å². The Kier molecular flexibility index (Phi) is 21.7. The number of amides is 1. The van der Waals surface area contributed by atoms with E-state index < -0.39 is 115 Å². The molecule has 4 aromatic carbocycles. The third-order valence-electron chi connectivity index (χ3n) is 16.3. The summed E-state index contributed by atoms with van der Waals surface area (Å²) in [6, 6.07) is 22.9. The van der Waals surface area contributed by atoms with Crippen molar-refractivity contribution in [2.45, 2.75) is 156 Å². The topological polar surface area (TPSA) is 193 Å². The van der Waals surface area contributed by atoms with E-state index in [9.17, 15) is 66.7 Å². The molecule has 0 spiro atoms. The van der Waals surface area contributed by atoms with Gasteiger partial charge in [-0.2, -0.15) is 35.0 Å². The lowest BCUT2D eigenvalue weighted by Gasteiger charge is -2.73. The molecule has 8 aliphatic rings. The number of aliphatic carboxylic acids is 1. The minimum Gasteiger partial charge on any atom is -0.480 e. The summed E-state index contributed by atoms with van der Waals surface area (Å²) in [5.41, 5.74) is -2.81. The molecule has 6 saturated carbocycles. The Morgan fingerprint density at radius 3 is 1.31 bits per heavy atom. The van der Waals surface area contributed by atoms with Crippen LogP contribution in [-0.2, 0) is 42.7 Å². The van der Waals surface area contributed by atoms with Gasteiger partial charge in [0.05, 0.1) is 43.8 Å². The molecule has 15 nitrogen and oxygen atoms in total. The number of alkyl halides is 6. The molecule has 2 aliphatic heterocycles. The third kappa shape index (κ3) is 14.6. The number of nitrogens with one attached hydrogen (secondary N) is 3. The van der Waals surface area contributed by atoms with Crippen molar-refractivity contribution < 1.29 is 66.7 Å². The second-order valence-electron chi connectivity index (χ2n) is 23.6. The van der Waals surface area contributed by atoms with Crippen molar-refractivity contribution in [2.24, 2.45) is 20.8 Å². The first-order valence-electron chi connectivity index (χ1n) is 26.5. The Bertz CT molecular complexity index is 3380. The van der Waals surface area contributed by atoms with Crippen molar-refractivity contribution in [1.29, 1.82) is 0 Å². The third-order valence-corrected chi connectivity index (χ3v) is 20.9. The fraction of sp³-hybridized carbons (Fsp3) is 0.509. The number of rotatable bonds is 18. The first-order valence-corrected chi connectivity index (χ1v) is 30.1. The number of likely N-dealkylation sites (N-methyl/N-ethyl adjacent to an activating group) is 1. The van der Waals surface area contributed by atoms with Crippen LogP contribution in [0.25, 0.3) is 0 Å². The first-order chi connectivity index (χ1) is 38.4. The molecule has 0 saturated heterocycles. The monoisotopic (exact) mass is 1330 g/mol. The number of carbonyl (C=O) groups excluding carboxylic acids is 1. The predicted octanol–water partition coefficient (Wildman–Crippen LogP) is 11.6. The smallest absolute Gasteiger partial charge is 0.390 e. The predicted molar refractivity (Wildman–Crippen MR) is 318 cm³/mol. The summed E-state index contributed by atoms with van der Waals surface area (Å²) >= 11 is 11.7. The lowest BCUT2D eigenvalue weighted by Crippen LogP contribution is -2.78. The standard InChI is InChI=1S/C28H31ClF4N4O3S.C24H25ClFN3O4S.C4H8F3N.CH4.2ClH/c1-25(2)22(23(38)36(3)12-11-28(31,32)33)34-24(35-25)26-15-27(16-26,17-26)37(14-18-9-10-20(29)21(30)13-18)41(39,40)19-7-5-4-6-8-19;1-22(2)19(20(30)31)27-21(28-22)23-12-24(13-23,14-23)29(11-15-8-9-17(25)18(26)10-15)34(32,33)16-6-4-3-5-7-16;1-8-3-2-4(5,6)7;;;/h4-10,13,22H,11-12,14-17H2,1-3H3,(H,34,35);3-10,19H,11-14H2,1-2H3,(H,27,28)(H,30,31);8H,2-3H2,1H3;1H4;2*1H/t22-,26?,27?;19-,23?,24?;;;;/m00..../s1. The largest absolute Gasteiger partial charge is 0.480 e. The number of hydrogen-bond donors (Lipinski definition) is 4. The zero-order valence-corrected chi connectivity index (χ0v) is 51.7. The van der Waals surface area contributed by atoms with Gasteiger partial charge < -0.3 is 26.0 Å². The zero-order chi connectivity index (χ0) is 61.1. The molecule has 2 atom stereocenters. The molecular formula is C57H70Cl4F8N8O7S2. The van der Waals surface area contributed by atoms with Gasteiger partial charge in [-0.1, -0.05) is 79.2 Å². The Morgan fingerprint density at radius 2 is 1.00 bits per heavy atom. The number of carbonyl (C=O) groups is 2. The minimum absolute atomic E-state index is 0. The van der Waals surface area contributed by atoms with Crippen LogP contribution in [0.4, 0.5) is 35.1 Å². The Morgan fingerprint density at radius 1 is 0.640 bits per heavy atom. The number of carboxylic acids is 1. The van der Waals surface area contributed by atoms with Crippen molar-refractivity contribution >= 4 is 91.6 Å². The van der Waals surface area contributed by atoms with Crippen LogP contribution in [-0.4, -0.2) is 133 Å². The van der Waals surface area contributed by atoms with Gasteiger partial charge in [-0.25, -0.2) is 30.4 Å². The lowest BCUT2D eigenvalue weighted by atomic mass is 9.38. The number of benzene rings is 4. The van der Waals surface area contributed by atoms with Crippen LogP contribution >= 0.6 is 48.0 Å². The van der Waals surface area contributed by atoms with Gasteiger partial charge in [0, 0.05) is 55.1 Å². The number of carboxylic acid groups (broad SMARTS) is 1. The van der Waals surface area contributed by atoms with Crippen molar-refractivity contribution in [3.63, 3.8) is 0 Å². The molecule has 476 valence electrons. The van der Waals surface area contributed by atoms with Gasteiger partial charge in [-0.3, -0.25) is 14.8 Å². The summed E-state index contributed by atoms with van der Waals surface area (Å²) in [6.45, 7) is 6.62. The van der Waals surface area contributed by atoms with Crippen LogP contribution in [0.3, 0.4) is 0 Å². The Labute approximate surface area is 518 Å². The highest BCUT2D eigenvalue weighted by Crippen LogP contribution is 2.73. The average Bonchev–Trinajstić information content (AvgIpc) is 0.931. The van der Waals surface area contributed by atoms with E-state index in [1.54, 1.807) is 88.4 Å². The highest BCUT2D eigenvalue weighted by Gasteiger charge is 2.76. The quantitative estimate of drug-likeness (QED) is 0.0697. The molecule has 0 unspecified atom stereocenters. The molecule has 6 aliphatic carbocycles. The maximum atomic E-state index is 14.2. The molecule has 1 amide bonds. The van der Waals surface area contributed by atoms with Crippen molar-refractivity contribution in [3.05, 3.63) is 130 Å². The van der Waals surface area contributed by atoms with E-state index in [1.807, 2.05) is 0 Å². The van der Waals surface area contributed by atoms with Crippen LogP contribution in [0, 0.1) is 22.5 Å². The summed E-state index contributed by atoms with van der Waals surface area (Å²) in [6.07, 6.45) is -7.35. The first kappa shape index (κ1) is 71.9. The summed E-state index contributed by atoms with van der Waals surface area (Å²) in [5, 5.41) is 18.4. The minimum atomic E-state index is -4.38. The molecule has 4 N–H and O–H groups in total. The summed E-state index contributed by atoms with van der Waals surface area (Å²) < 4.78 is 158. The molecule has 2 heterocycles. The van der Waals surface area contributed by atoms with E-state index in [0.717, 1.165) is 4.90 Å². The molecule has 4 bridgehead atoms. The summed E-state index contributed by atoms with van der Waals surface area (Å²) in [4.78, 5) is 35.2. The molecule has 86 heavy (non-hydrogen) atoms. The molecule has 4 aromatic rings. The summed E-state index contributed by atoms with van der Waals surface area (Å²) in [5.74, 6) is -1.54. The van der Waals surface area contributed by atoms with Gasteiger partial charge in [0.25, 0.3) is 0 Å². The van der Waals surface area contributed by atoms with E-state index in [-0.39, 0.29) is 77.1 Å². The van der Waals surface area contributed by atoms with Crippen molar-refractivity contribution in [3.8, 4) is 0 Å². The fourth-order valence-corrected chi connectivity index (χ4v) is 15.9. The van der Waals surface area contributed by atoms with Crippen molar-refractivity contribution in [2.75, 3.05) is 27.2 Å². The van der Waals surface area contributed by atoms with Crippen LogP contribution < -0.4 is 16.0 Å².